The normalized spacial score (nSPS) is 21.6. The van der Waals surface area contributed by atoms with E-state index in [1.54, 1.807) is 6.07 Å². The highest BCUT2D eigenvalue weighted by Crippen LogP contribution is 2.49. The molecule has 0 N–H and O–H groups in total. The molecule has 6 heteroatoms. The lowest BCUT2D eigenvalue weighted by molar-refractivity contribution is -0.158. The van der Waals surface area contributed by atoms with Crippen molar-refractivity contribution in [1.82, 2.24) is 0 Å². The van der Waals surface area contributed by atoms with Crippen LogP contribution in [0, 0.1) is 0 Å². The molecule has 0 bridgehead atoms. The Morgan fingerprint density at radius 3 is 2.18 bits per heavy atom. The lowest BCUT2D eigenvalue weighted by Crippen LogP contribution is -2.57. The molecular weight excluding hydrogens is 416 g/mol. The number of nitrogens with zero attached hydrogens (tertiary/aromatic N) is 2. The number of hydrogen-bond acceptors (Lipinski definition) is 6. The van der Waals surface area contributed by atoms with E-state index in [1.165, 1.54) is 7.11 Å². The molecule has 3 aromatic carbocycles. The van der Waals surface area contributed by atoms with Crippen LogP contribution in [0.25, 0.3) is 0 Å². The molecule has 0 aliphatic carbocycles. The summed E-state index contributed by atoms with van der Waals surface area (Å²) in [7, 11) is 5.06. The van der Waals surface area contributed by atoms with E-state index < -0.39 is 17.1 Å². The molecule has 0 aromatic heterocycles. The molecule has 0 unspecified atom stereocenters. The molecule has 0 saturated carbocycles. The highest BCUT2D eigenvalue weighted by molar-refractivity contribution is 6.04. The molecule has 2 atom stereocenters. The average Bonchev–Trinajstić information content (AvgIpc) is 3.20. The van der Waals surface area contributed by atoms with Crippen molar-refractivity contribution >= 4 is 23.8 Å². The van der Waals surface area contributed by atoms with Crippen LogP contribution in [0.4, 0.5) is 5.69 Å². The average molecular weight is 443 g/mol. The number of para-hydroxylation sites is 1. The Kier molecular flexibility index (Phi) is 6.01. The minimum atomic E-state index is -1.73. The van der Waals surface area contributed by atoms with Gasteiger partial charge in [0.05, 0.1) is 7.11 Å². The van der Waals surface area contributed by atoms with Crippen molar-refractivity contribution in [3.05, 3.63) is 102 Å². The number of methoxy groups -OCH3 is 1. The zero-order valence-corrected chi connectivity index (χ0v) is 18.9. The fourth-order valence-electron chi connectivity index (χ4n) is 4.36. The largest absolute Gasteiger partial charge is 0.467 e. The fourth-order valence-corrected chi connectivity index (χ4v) is 4.36. The smallest absolute Gasteiger partial charge is 0.339 e. The van der Waals surface area contributed by atoms with Gasteiger partial charge in [0, 0.05) is 37.3 Å². The molecule has 3 aromatic rings. The van der Waals surface area contributed by atoms with Crippen LogP contribution < -0.4 is 4.90 Å². The third-order valence-electron chi connectivity index (χ3n) is 5.96. The molecule has 4 rings (SSSR count). The van der Waals surface area contributed by atoms with E-state index in [-0.39, 0.29) is 12.3 Å². The first-order chi connectivity index (χ1) is 16.0. The molecular formula is C27H26N2O4. The quantitative estimate of drug-likeness (QED) is 0.412. The Morgan fingerprint density at radius 2 is 1.58 bits per heavy atom. The highest BCUT2D eigenvalue weighted by atomic mass is 16.6. The summed E-state index contributed by atoms with van der Waals surface area (Å²) >= 11 is 0. The van der Waals surface area contributed by atoms with Crippen LogP contribution in [0.15, 0.2) is 89.9 Å². The van der Waals surface area contributed by atoms with Gasteiger partial charge in [0.15, 0.2) is 6.29 Å². The van der Waals surface area contributed by atoms with Crippen LogP contribution in [0.3, 0.4) is 0 Å². The van der Waals surface area contributed by atoms with Crippen LogP contribution >= 0.6 is 0 Å². The summed E-state index contributed by atoms with van der Waals surface area (Å²) in [5.74, 6) is -0.421. The maximum atomic E-state index is 13.6. The van der Waals surface area contributed by atoms with Gasteiger partial charge in [-0.1, -0.05) is 66.7 Å². The predicted molar refractivity (Wildman–Crippen MR) is 127 cm³/mol. The number of anilines is 1. The number of rotatable bonds is 7. The minimum Gasteiger partial charge on any atom is -0.467 e. The second kappa shape index (κ2) is 8.90. The van der Waals surface area contributed by atoms with Gasteiger partial charge in [-0.15, -0.1) is 0 Å². The maximum absolute atomic E-state index is 13.6. The first-order valence-electron chi connectivity index (χ1n) is 10.7. The van der Waals surface area contributed by atoms with Crippen molar-refractivity contribution in [2.24, 2.45) is 4.99 Å². The van der Waals surface area contributed by atoms with Gasteiger partial charge in [-0.2, -0.15) is 0 Å². The molecule has 1 aliphatic rings. The van der Waals surface area contributed by atoms with Gasteiger partial charge in [-0.25, -0.2) is 9.79 Å². The molecule has 0 amide bonds. The second-order valence-corrected chi connectivity index (χ2v) is 8.16. The SMILES string of the molecule is COC(=O)[C@@]1(Cc2ccccc2)N=C(c2ccccc2)O[C@@]1(C=O)c1ccccc1N(C)C. The molecule has 33 heavy (non-hydrogen) atoms. The Balaban J connectivity index is 2.03. The van der Waals surface area contributed by atoms with Crippen molar-refractivity contribution in [2.45, 2.75) is 17.6 Å². The van der Waals surface area contributed by atoms with Gasteiger partial charge >= 0.3 is 5.97 Å². The van der Waals surface area contributed by atoms with Crippen molar-refractivity contribution in [2.75, 3.05) is 26.1 Å². The van der Waals surface area contributed by atoms with Gasteiger partial charge < -0.3 is 14.4 Å². The van der Waals surface area contributed by atoms with Crippen LogP contribution in [0.2, 0.25) is 0 Å². The first-order valence-corrected chi connectivity index (χ1v) is 10.7. The van der Waals surface area contributed by atoms with E-state index >= 15 is 0 Å². The first kappa shape index (κ1) is 22.3. The molecule has 0 spiro atoms. The summed E-state index contributed by atoms with van der Waals surface area (Å²) in [5.41, 5.74) is -0.608. The monoisotopic (exact) mass is 442 g/mol. The molecule has 0 radical (unpaired) electrons. The highest BCUT2D eigenvalue weighted by Gasteiger charge is 2.66. The summed E-state index contributed by atoms with van der Waals surface area (Å²) < 4.78 is 11.7. The Labute approximate surface area is 193 Å². The number of aliphatic imine (C=N–C) groups is 1. The van der Waals surface area contributed by atoms with Crippen LogP contribution in [0.1, 0.15) is 16.7 Å². The minimum absolute atomic E-state index is 0.122. The Morgan fingerprint density at radius 1 is 0.970 bits per heavy atom. The van der Waals surface area contributed by atoms with Crippen molar-refractivity contribution < 1.29 is 19.1 Å². The Bertz CT molecular complexity index is 1180. The van der Waals surface area contributed by atoms with Crippen LogP contribution in [-0.4, -0.2) is 44.9 Å². The predicted octanol–water partition coefficient (Wildman–Crippen LogP) is 3.78. The number of carbonyl (C=O) groups is 2. The zero-order valence-electron chi connectivity index (χ0n) is 18.9. The van der Waals surface area contributed by atoms with Gasteiger partial charge in [-0.3, -0.25) is 4.79 Å². The molecule has 0 saturated heterocycles. The standard InChI is InChI=1S/C27H26N2O4/c1-29(2)23-17-11-10-16-22(23)27(19-30)26(25(31)32-3,18-20-12-6-4-7-13-20)28-24(33-27)21-14-8-5-9-15-21/h4-17,19H,18H2,1-3H3/t26-,27+/m1/s1. The van der Waals surface area contributed by atoms with Gasteiger partial charge in [0.1, 0.15) is 0 Å². The summed E-state index contributed by atoms with van der Waals surface area (Å²) in [6.07, 6.45) is 0.811. The summed E-state index contributed by atoms with van der Waals surface area (Å²) in [5, 5.41) is 0. The number of hydrogen-bond donors (Lipinski definition) is 0. The Hall–Kier alpha value is -3.93. The van der Waals surface area contributed by atoms with Crippen molar-refractivity contribution in [1.29, 1.82) is 0 Å². The molecule has 0 fully saturated rings. The third kappa shape index (κ3) is 3.67. The van der Waals surface area contributed by atoms with E-state index in [0.717, 1.165) is 11.3 Å². The summed E-state index contributed by atoms with van der Waals surface area (Å²) in [4.78, 5) is 33.4. The number of carbonyl (C=O) groups excluding carboxylic acids is 2. The van der Waals surface area contributed by atoms with Crippen molar-refractivity contribution in [3.8, 4) is 0 Å². The summed E-state index contributed by atoms with van der Waals surface area (Å²) in [6.45, 7) is 0. The van der Waals surface area contributed by atoms with Gasteiger partial charge in [0.25, 0.3) is 0 Å². The van der Waals surface area contributed by atoms with E-state index in [2.05, 4.69) is 0 Å². The van der Waals surface area contributed by atoms with Crippen LogP contribution in [0.5, 0.6) is 0 Å². The molecule has 1 heterocycles. The molecule has 1 aliphatic heterocycles. The molecule has 6 nitrogen and oxygen atoms in total. The number of ether oxygens (including phenoxy) is 2. The molecule has 168 valence electrons. The number of benzene rings is 3. The zero-order chi connectivity index (χ0) is 23.5. The van der Waals surface area contributed by atoms with E-state index in [0.29, 0.717) is 17.4 Å². The van der Waals surface area contributed by atoms with E-state index in [4.69, 9.17) is 14.5 Å². The topological polar surface area (TPSA) is 68.2 Å². The van der Waals surface area contributed by atoms with Crippen molar-refractivity contribution in [3.63, 3.8) is 0 Å². The lowest BCUT2D eigenvalue weighted by atomic mass is 9.72. The van der Waals surface area contributed by atoms with Gasteiger partial charge in [0.2, 0.25) is 17.0 Å². The third-order valence-corrected chi connectivity index (χ3v) is 5.96. The van der Waals surface area contributed by atoms with E-state index in [1.807, 2.05) is 97.9 Å². The van der Waals surface area contributed by atoms with Crippen LogP contribution in [-0.2, 0) is 31.1 Å². The number of aldehydes is 1. The van der Waals surface area contributed by atoms with E-state index in [9.17, 15) is 9.59 Å². The maximum Gasteiger partial charge on any atom is 0.339 e. The van der Waals surface area contributed by atoms with Gasteiger partial charge in [-0.05, 0) is 23.8 Å². The lowest BCUT2D eigenvalue weighted by Gasteiger charge is -2.38. The fraction of sp³-hybridized carbons (Fsp3) is 0.222. The second-order valence-electron chi connectivity index (χ2n) is 8.16. The summed E-state index contributed by atoms with van der Waals surface area (Å²) in [6, 6.07) is 26.1. The number of esters is 1.